The average Bonchev–Trinajstić information content (AvgIpc) is 2.83. The zero-order valence-corrected chi connectivity index (χ0v) is 23.1. The topological polar surface area (TPSA) is 106 Å². The van der Waals surface area contributed by atoms with E-state index in [0.717, 1.165) is 11.8 Å². The Morgan fingerprint density at radius 3 is 2.57 bits per heavy atom. The minimum Gasteiger partial charge on any atom is -0.435 e. The van der Waals surface area contributed by atoms with Gasteiger partial charge >= 0.3 is 5.97 Å². The molecule has 0 spiro atoms. The van der Waals surface area contributed by atoms with E-state index < -0.39 is 27.8 Å². The third-order valence-electron chi connectivity index (χ3n) is 5.38. The molecule has 1 heterocycles. The number of nitrogens with one attached hydrogen (secondary N) is 3. The van der Waals surface area contributed by atoms with Crippen LogP contribution in [0.5, 0.6) is 0 Å². The fraction of sp³-hybridized carbons (Fsp3) is 0.458. The summed E-state index contributed by atoms with van der Waals surface area (Å²) in [5.74, 6) is -4.21. The number of sulfonamides is 1. The van der Waals surface area contributed by atoms with Crippen molar-refractivity contribution in [2.24, 2.45) is 5.92 Å². The average molecular weight is 582 g/mol. The first-order valence-electron chi connectivity index (χ1n) is 11.4. The van der Waals surface area contributed by atoms with E-state index in [-0.39, 0.29) is 32.8 Å². The van der Waals surface area contributed by atoms with E-state index in [1.807, 2.05) is 19.9 Å². The second-order valence-electron chi connectivity index (χ2n) is 8.30. The zero-order valence-electron chi connectivity index (χ0n) is 20.7. The van der Waals surface area contributed by atoms with Crippen LogP contribution in [0.4, 0.5) is 20.2 Å². The van der Waals surface area contributed by atoms with Crippen LogP contribution in [0.1, 0.15) is 29.3 Å². The lowest BCUT2D eigenvalue weighted by atomic mass is 9.95. The van der Waals surface area contributed by atoms with Crippen LogP contribution in [0.3, 0.4) is 0 Å². The highest BCUT2D eigenvalue weighted by Crippen LogP contribution is 2.36. The van der Waals surface area contributed by atoms with Gasteiger partial charge in [-0.1, -0.05) is 41.4 Å². The lowest BCUT2D eigenvalue weighted by molar-refractivity contribution is -0.0753. The van der Waals surface area contributed by atoms with Crippen molar-refractivity contribution in [1.82, 2.24) is 10.0 Å². The van der Waals surface area contributed by atoms with E-state index in [1.165, 1.54) is 0 Å². The number of piperidine rings is 1. The summed E-state index contributed by atoms with van der Waals surface area (Å²) in [5, 5.41) is 6.91. The molecule has 8 nitrogen and oxygen atoms in total. The van der Waals surface area contributed by atoms with Crippen LogP contribution in [-0.4, -0.2) is 59.6 Å². The highest BCUT2D eigenvalue weighted by molar-refractivity contribution is 7.88. The van der Waals surface area contributed by atoms with Crippen molar-refractivity contribution in [3.63, 3.8) is 0 Å². The number of carbonyl (C=O) groups excluding carboxylic acids is 1. The monoisotopic (exact) mass is 581 g/mol. The van der Waals surface area contributed by atoms with Gasteiger partial charge in [-0.15, -0.1) is 0 Å². The van der Waals surface area contributed by atoms with Crippen molar-refractivity contribution < 1.29 is 31.5 Å². The number of ether oxygens (including phenoxy) is 2. The Bertz CT molecular complexity index is 1170. The Kier molecular flexibility index (Phi) is 12.0. The highest BCUT2D eigenvalue weighted by Gasteiger charge is 2.41. The minimum atomic E-state index is -3.38. The molecule has 0 radical (unpaired) electrons. The van der Waals surface area contributed by atoms with Crippen molar-refractivity contribution in [1.29, 1.82) is 0 Å². The molecule has 0 bridgehead atoms. The molecular weight excluding hydrogens is 551 g/mol. The Morgan fingerprint density at radius 2 is 1.92 bits per heavy atom. The van der Waals surface area contributed by atoms with Gasteiger partial charge in [0.15, 0.2) is 6.79 Å². The third kappa shape index (κ3) is 9.99. The van der Waals surface area contributed by atoms with Gasteiger partial charge in [0, 0.05) is 38.6 Å². The van der Waals surface area contributed by atoms with Crippen LogP contribution in [0.2, 0.25) is 10.0 Å². The summed E-state index contributed by atoms with van der Waals surface area (Å²) in [5.41, 5.74) is 2.37. The van der Waals surface area contributed by atoms with E-state index >= 15 is 0 Å². The summed E-state index contributed by atoms with van der Waals surface area (Å²) >= 11 is 12.5. The number of esters is 1. The van der Waals surface area contributed by atoms with Gasteiger partial charge in [-0.3, -0.25) is 0 Å². The summed E-state index contributed by atoms with van der Waals surface area (Å²) in [7, 11) is -3.38. The first-order valence-corrected chi connectivity index (χ1v) is 14.1. The number of aryl methyl sites for hydroxylation is 1. The van der Waals surface area contributed by atoms with Gasteiger partial charge in [-0.25, -0.2) is 26.7 Å². The highest BCUT2D eigenvalue weighted by atomic mass is 35.5. The molecule has 1 aliphatic heterocycles. The quantitative estimate of drug-likeness (QED) is 0.218. The fourth-order valence-corrected chi connectivity index (χ4v) is 4.26. The number of anilines is 2. The van der Waals surface area contributed by atoms with Crippen LogP contribution < -0.4 is 15.4 Å². The van der Waals surface area contributed by atoms with Gasteiger partial charge in [0.2, 0.25) is 10.0 Å². The molecule has 1 atom stereocenters. The Hall–Kier alpha value is -2.02. The molecule has 0 aromatic heterocycles. The van der Waals surface area contributed by atoms with Crippen molar-refractivity contribution >= 4 is 50.6 Å². The summed E-state index contributed by atoms with van der Waals surface area (Å²) in [6.07, 6.45) is 0.727. The Balaban J connectivity index is 0.000000294. The van der Waals surface area contributed by atoms with Gasteiger partial charge in [0.05, 0.1) is 33.2 Å². The third-order valence-corrected chi connectivity index (χ3v) is 6.88. The molecule has 1 saturated heterocycles. The standard InChI is InChI=1S/C17H17Cl2NO3.C7H14F2N2O2S/c1-3-22-10-23-17(21)12-6-4-5-7-14(12)20-16-13(18)9-8-11(2)15(16)19;1-14(12,13)11-5-6-4-10-3-2-7(6,8)9/h4-9,20H,3,10H2,1-2H3;6,10-11H,2-5H2,1H3. The number of hydrogen-bond acceptors (Lipinski definition) is 7. The van der Waals surface area contributed by atoms with Crippen LogP contribution in [-0.2, 0) is 19.5 Å². The molecule has 0 aliphatic carbocycles. The molecule has 0 amide bonds. The van der Waals surface area contributed by atoms with Crippen molar-refractivity contribution in [2.75, 3.05) is 44.6 Å². The largest absolute Gasteiger partial charge is 0.435 e. The molecule has 206 valence electrons. The summed E-state index contributed by atoms with van der Waals surface area (Å²) in [6, 6.07) is 10.6. The van der Waals surface area contributed by atoms with E-state index in [9.17, 15) is 22.0 Å². The molecule has 1 fully saturated rings. The lowest BCUT2D eigenvalue weighted by Crippen LogP contribution is -2.49. The summed E-state index contributed by atoms with van der Waals surface area (Å²) in [6.45, 7) is 4.31. The van der Waals surface area contributed by atoms with Gasteiger partial charge in [-0.2, -0.15) is 0 Å². The second kappa shape index (κ2) is 14.2. The number of benzene rings is 2. The molecule has 1 unspecified atom stereocenters. The Labute approximate surface area is 226 Å². The van der Waals surface area contributed by atoms with Gasteiger partial charge < -0.3 is 20.1 Å². The first-order chi connectivity index (χ1) is 17.4. The number of para-hydroxylation sites is 1. The summed E-state index contributed by atoms with van der Waals surface area (Å²) in [4.78, 5) is 12.2. The van der Waals surface area contributed by atoms with E-state index in [4.69, 9.17) is 32.7 Å². The molecule has 13 heteroatoms. The lowest BCUT2D eigenvalue weighted by Gasteiger charge is -2.31. The molecule has 1 aliphatic rings. The fourth-order valence-electron chi connectivity index (χ4n) is 3.29. The van der Waals surface area contributed by atoms with Crippen LogP contribution >= 0.6 is 23.2 Å². The van der Waals surface area contributed by atoms with Crippen molar-refractivity contribution in [3.05, 3.63) is 57.6 Å². The minimum absolute atomic E-state index is 0.0877. The maximum atomic E-state index is 13.2. The van der Waals surface area contributed by atoms with Crippen LogP contribution in [0.25, 0.3) is 0 Å². The maximum absolute atomic E-state index is 13.2. The number of carbonyl (C=O) groups is 1. The van der Waals surface area contributed by atoms with Gasteiger partial charge in [-0.05, 0) is 37.6 Å². The summed E-state index contributed by atoms with van der Waals surface area (Å²) < 4.78 is 60.0. The van der Waals surface area contributed by atoms with E-state index in [1.54, 1.807) is 30.3 Å². The predicted octanol–water partition coefficient (Wildman–Crippen LogP) is 4.98. The molecule has 3 rings (SSSR count). The normalized spacial score (nSPS) is 16.9. The van der Waals surface area contributed by atoms with E-state index in [2.05, 4.69) is 15.4 Å². The maximum Gasteiger partial charge on any atom is 0.342 e. The smallest absolute Gasteiger partial charge is 0.342 e. The predicted molar refractivity (Wildman–Crippen MR) is 142 cm³/mol. The SMILES string of the molecule is CCOCOC(=O)c1ccccc1Nc1c(Cl)ccc(C)c1Cl.CS(=O)(=O)NCC1CNCCC1(F)F. The molecule has 3 N–H and O–H groups in total. The van der Waals surface area contributed by atoms with E-state index in [0.29, 0.717) is 33.6 Å². The molecule has 2 aromatic rings. The molecule has 2 aromatic carbocycles. The van der Waals surface area contributed by atoms with Crippen molar-refractivity contribution in [2.45, 2.75) is 26.2 Å². The van der Waals surface area contributed by atoms with Crippen molar-refractivity contribution in [3.8, 4) is 0 Å². The molecular formula is C24H31Cl2F2N3O5S. The zero-order chi connectivity index (χ0) is 27.6. The molecule has 37 heavy (non-hydrogen) atoms. The van der Waals surface area contributed by atoms with Crippen LogP contribution in [0, 0.1) is 12.8 Å². The van der Waals surface area contributed by atoms with Gasteiger partial charge in [0.1, 0.15) is 0 Å². The number of rotatable bonds is 9. The molecule has 0 saturated carbocycles. The number of hydrogen-bond donors (Lipinski definition) is 3. The van der Waals surface area contributed by atoms with Crippen LogP contribution in [0.15, 0.2) is 36.4 Å². The second-order valence-corrected chi connectivity index (χ2v) is 10.9. The Morgan fingerprint density at radius 1 is 1.22 bits per heavy atom. The number of halogens is 4. The van der Waals surface area contributed by atoms with Gasteiger partial charge in [0.25, 0.3) is 5.92 Å². The number of alkyl halides is 2. The first kappa shape index (κ1) is 31.2.